The van der Waals surface area contributed by atoms with Gasteiger partial charge in [-0.2, -0.15) is 0 Å². The molecule has 1 N–H and O–H groups in total. The zero-order valence-electron chi connectivity index (χ0n) is 15.7. The highest BCUT2D eigenvalue weighted by atomic mass is 32.2. The van der Waals surface area contributed by atoms with Gasteiger partial charge in [-0.05, 0) is 35.7 Å². The van der Waals surface area contributed by atoms with Crippen LogP contribution in [0.2, 0.25) is 0 Å². The van der Waals surface area contributed by atoms with Crippen LogP contribution in [0.25, 0.3) is 10.9 Å². The van der Waals surface area contributed by atoms with E-state index < -0.39 is 0 Å². The van der Waals surface area contributed by atoms with Crippen molar-refractivity contribution in [3.63, 3.8) is 0 Å². The Morgan fingerprint density at radius 3 is 2.55 bits per heavy atom. The first kappa shape index (κ1) is 20.0. The predicted octanol–water partition coefficient (Wildman–Crippen LogP) is 6.11. The zero-order valence-corrected chi connectivity index (χ0v) is 18.2. The first-order chi connectivity index (χ1) is 14.3. The van der Waals surface area contributed by atoms with Gasteiger partial charge in [-0.25, -0.2) is 4.98 Å². The molecule has 0 aliphatic heterocycles. The molecule has 0 radical (unpaired) electrons. The number of thiophene rings is 1. The van der Waals surface area contributed by atoms with E-state index in [0.717, 1.165) is 32.3 Å². The largest absolute Gasteiger partial charge is 0.347 e. The molecule has 0 spiro atoms. The van der Waals surface area contributed by atoms with E-state index in [1.807, 2.05) is 65.7 Å². The van der Waals surface area contributed by atoms with Crippen molar-refractivity contribution in [1.29, 1.82) is 0 Å². The summed E-state index contributed by atoms with van der Waals surface area (Å²) in [6.45, 7) is 0.539. The molecule has 0 saturated carbocycles. The zero-order chi connectivity index (χ0) is 19.9. The maximum absolute atomic E-state index is 12.9. The smallest absolute Gasteiger partial charge is 0.254 e. The first-order valence-corrected chi connectivity index (χ1v) is 12.2. The highest BCUT2D eigenvalue weighted by Gasteiger charge is 2.15. The molecule has 0 bridgehead atoms. The van der Waals surface area contributed by atoms with Crippen LogP contribution in [-0.2, 0) is 6.54 Å². The average Bonchev–Trinajstić information content (AvgIpc) is 3.29. The maximum Gasteiger partial charge on any atom is 0.254 e. The van der Waals surface area contributed by atoms with Crippen LogP contribution in [0.1, 0.15) is 15.2 Å². The molecule has 2 aromatic heterocycles. The molecule has 0 saturated heterocycles. The van der Waals surface area contributed by atoms with Gasteiger partial charge in [-0.1, -0.05) is 42.5 Å². The molecule has 0 fully saturated rings. The van der Waals surface area contributed by atoms with E-state index in [4.69, 9.17) is 4.98 Å². The monoisotopic (exact) mass is 436 g/mol. The second-order valence-corrected chi connectivity index (χ2v) is 9.59. The number of amides is 1. The van der Waals surface area contributed by atoms with E-state index in [1.54, 1.807) is 23.1 Å². The molecule has 4 aromatic rings. The number of hydrogen-bond donors (Lipinski definition) is 1. The van der Waals surface area contributed by atoms with Crippen molar-refractivity contribution in [2.75, 3.05) is 11.5 Å². The van der Waals surface area contributed by atoms with Gasteiger partial charge in [-0.15, -0.1) is 34.9 Å². The van der Waals surface area contributed by atoms with Gasteiger partial charge < -0.3 is 5.32 Å². The number of aromatic nitrogens is 1. The molecular weight excluding hydrogens is 416 g/mol. The normalized spacial score (nSPS) is 10.9. The molecule has 3 nitrogen and oxygen atoms in total. The number of thioether (sulfide) groups is 2. The molecule has 2 heterocycles. The second kappa shape index (κ2) is 9.96. The van der Waals surface area contributed by atoms with Crippen molar-refractivity contribution in [2.45, 2.75) is 16.5 Å². The topological polar surface area (TPSA) is 42.0 Å². The Morgan fingerprint density at radius 2 is 1.72 bits per heavy atom. The predicted molar refractivity (Wildman–Crippen MR) is 125 cm³/mol. The number of nitrogens with one attached hydrogen (secondary N) is 1. The molecule has 29 heavy (non-hydrogen) atoms. The number of carbonyl (C=O) groups is 1. The summed E-state index contributed by atoms with van der Waals surface area (Å²) in [5, 5.41) is 6.83. The first-order valence-electron chi connectivity index (χ1n) is 9.30. The van der Waals surface area contributed by atoms with Gasteiger partial charge in [-0.3, -0.25) is 4.79 Å². The van der Waals surface area contributed by atoms with Crippen LogP contribution in [0.3, 0.4) is 0 Å². The van der Waals surface area contributed by atoms with Crippen molar-refractivity contribution >= 4 is 51.7 Å². The van der Waals surface area contributed by atoms with Gasteiger partial charge in [0.25, 0.3) is 5.91 Å². The van der Waals surface area contributed by atoms with E-state index in [0.29, 0.717) is 12.1 Å². The highest BCUT2D eigenvalue weighted by Crippen LogP contribution is 2.27. The van der Waals surface area contributed by atoms with Crippen LogP contribution in [0.15, 0.2) is 88.1 Å². The minimum atomic E-state index is -0.0742. The van der Waals surface area contributed by atoms with Crippen LogP contribution in [0.4, 0.5) is 0 Å². The number of hydrogen-bond acceptors (Lipinski definition) is 5. The molecule has 0 aliphatic rings. The fraction of sp³-hybridized carbons (Fsp3) is 0.130. The summed E-state index contributed by atoms with van der Waals surface area (Å²) in [5.41, 5.74) is 1.57. The lowest BCUT2D eigenvalue weighted by Crippen LogP contribution is -2.23. The molecular formula is C23H20N2OS3. The number of nitrogens with zero attached hydrogens (tertiary/aromatic N) is 1. The number of benzene rings is 2. The Balaban J connectivity index is 1.47. The summed E-state index contributed by atoms with van der Waals surface area (Å²) < 4.78 is 0. The number of para-hydroxylation sites is 1. The quantitative estimate of drug-likeness (QED) is 0.267. The fourth-order valence-corrected chi connectivity index (χ4v) is 5.42. The Hall–Kier alpha value is -2.28. The summed E-state index contributed by atoms with van der Waals surface area (Å²) in [6, 6.07) is 24.3. The minimum absolute atomic E-state index is 0.0742. The van der Waals surface area contributed by atoms with Crippen molar-refractivity contribution in [1.82, 2.24) is 10.3 Å². The van der Waals surface area contributed by atoms with Crippen LogP contribution >= 0.6 is 34.9 Å². The third-order valence-electron chi connectivity index (χ3n) is 4.27. The molecule has 0 atom stereocenters. The van der Waals surface area contributed by atoms with Crippen LogP contribution in [0, 0.1) is 0 Å². The standard InChI is InChI=1S/C23H20N2OS3/c26-22(24-16-19-10-6-12-27-19)20-15-17-7-4-5-11-21(17)25-23(20)29-14-13-28-18-8-2-1-3-9-18/h1-12,15H,13-14,16H2,(H,24,26). The van der Waals surface area contributed by atoms with E-state index >= 15 is 0 Å². The molecule has 1 amide bonds. The Bertz CT molecular complexity index is 1080. The summed E-state index contributed by atoms with van der Waals surface area (Å²) in [7, 11) is 0. The number of pyridine rings is 1. The molecule has 2 aromatic carbocycles. The average molecular weight is 437 g/mol. The Labute approximate surface area is 183 Å². The van der Waals surface area contributed by atoms with Gasteiger partial charge in [0.1, 0.15) is 5.03 Å². The molecule has 0 unspecified atom stereocenters. The summed E-state index contributed by atoms with van der Waals surface area (Å²) in [5.74, 6) is 1.77. The molecule has 146 valence electrons. The molecule has 6 heteroatoms. The minimum Gasteiger partial charge on any atom is -0.347 e. The lowest BCUT2D eigenvalue weighted by Gasteiger charge is -2.11. The third-order valence-corrected chi connectivity index (χ3v) is 7.41. The molecule has 0 aliphatic carbocycles. The fourth-order valence-electron chi connectivity index (χ4n) is 2.86. The molecule has 4 rings (SSSR count). The SMILES string of the molecule is O=C(NCc1cccs1)c1cc2ccccc2nc1SCCSc1ccccc1. The van der Waals surface area contributed by atoms with Crippen molar-refractivity contribution in [2.24, 2.45) is 0 Å². The van der Waals surface area contributed by atoms with E-state index in [9.17, 15) is 4.79 Å². The van der Waals surface area contributed by atoms with Crippen molar-refractivity contribution < 1.29 is 4.79 Å². The highest BCUT2D eigenvalue weighted by molar-refractivity contribution is 8.03. The van der Waals surface area contributed by atoms with Gasteiger partial charge >= 0.3 is 0 Å². The Morgan fingerprint density at radius 1 is 0.931 bits per heavy atom. The van der Waals surface area contributed by atoms with Gasteiger partial charge in [0, 0.05) is 26.7 Å². The lowest BCUT2D eigenvalue weighted by atomic mass is 10.1. The summed E-state index contributed by atoms with van der Waals surface area (Å²) in [4.78, 5) is 20.1. The van der Waals surface area contributed by atoms with E-state index in [-0.39, 0.29) is 5.91 Å². The third kappa shape index (κ3) is 5.41. The van der Waals surface area contributed by atoms with Crippen LogP contribution in [-0.4, -0.2) is 22.4 Å². The van der Waals surface area contributed by atoms with Crippen LogP contribution in [0.5, 0.6) is 0 Å². The maximum atomic E-state index is 12.9. The van der Waals surface area contributed by atoms with Crippen LogP contribution < -0.4 is 5.32 Å². The number of carbonyl (C=O) groups excluding carboxylic acids is 1. The van der Waals surface area contributed by atoms with Crippen molar-refractivity contribution in [3.05, 3.63) is 88.6 Å². The van der Waals surface area contributed by atoms with Gasteiger partial charge in [0.2, 0.25) is 0 Å². The Kier molecular flexibility index (Phi) is 6.87. The second-order valence-electron chi connectivity index (χ2n) is 6.31. The lowest BCUT2D eigenvalue weighted by molar-refractivity contribution is 0.0948. The summed E-state index contributed by atoms with van der Waals surface area (Å²) in [6.07, 6.45) is 0. The van der Waals surface area contributed by atoms with E-state index in [2.05, 4.69) is 29.6 Å². The van der Waals surface area contributed by atoms with Gasteiger partial charge in [0.15, 0.2) is 0 Å². The summed E-state index contributed by atoms with van der Waals surface area (Å²) >= 11 is 5.10. The van der Waals surface area contributed by atoms with Gasteiger partial charge in [0.05, 0.1) is 17.6 Å². The van der Waals surface area contributed by atoms with Crippen molar-refractivity contribution in [3.8, 4) is 0 Å². The number of fused-ring (bicyclic) bond motifs is 1. The van der Waals surface area contributed by atoms with E-state index in [1.165, 1.54) is 4.90 Å². The number of rotatable bonds is 8.